The van der Waals surface area contributed by atoms with E-state index in [2.05, 4.69) is 10.3 Å². The average molecular weight is 411 g/mol. The first kappa shape index (κ1) is 19.3. The van der Waals surface area contributed by atoms with Crippen molar-refractivity contribution in [3.05, 3.63) is 51.9 Å². The lowest BCUT2D eigenvalue weighted by Gasteiger charge is -2.13. The number of fused-ring (bicyclic) bond motifs is 1. The smallest absolute Gasteiger partial charge is 0.326 e. The maximum Gasteiger partial charge on any atom is 0.326 e. The van der Waals surface area contributed by atoms with Crippen molar-refractivity contribution in [2.24, 2.45) is 0 Å². The zero-order chi connectivity index (χ0) is 20.5. The van der Waals surface area contributed by atoms with Gasteiger partial charge in [0.15, 0.2) is 6.10 Å². The van der Waals surface area contributed by atoms with Crippen LogP contribution in [-0.4, -0.2) is 33.6 Å². The Kier molecular flexibility index (Phi) is 5.19. The second-order valence-electron chi connectivity index (χ2n) is 7.29. The Morgan fingerprint density at radius 3 is 2.72 bits per heavy atom. The normalized spacial score (nSPS) is 14.6. The molecule has 1 aromatic carbocycles. The molecule has 1 aliphatic rings. The lowest BCUT2D eigenvalue weighted by Crippen LogP contribution is -2.38. The molecule has 0 bridgehead atoms. The molecule has 3 aromatic rings. The Morgan fingerprint density at radius 1 is 1.31 bits per heavy atom. The van der Waals surface area contributed by atoms with Gasteiger partial charge in [0.25, 0.3) is 11.5 Å². The quantitative estimate of drug-likeness (QED) is 0.630. The standard InChI is InChI=1S/C21H21N3O4S/c1-12-3-5-14(6-4-12)16-10-29-20-18(16)21(27)24(11-22-20)9-17(25)28-13(2)19(26)23-15-7-8-15/h3-6,10-11,13,15H,7-9H2,1-2H3,(H,23,26)/t13-/m1/s1. The molecule has 1 atom stereocenters. The number of carbonyl (C=O) groups is 2. The number of hydrogen-bond acceptors (Lipinski definition) is 6. The van der Waals surface area contributed by atoms with Crippen LogP contribution in [0.25, 0.3) is 21.3 Å². The van der Waals surface area contributed by atoms with Crippen molar-refractivity contribution in [3.63, 3.8) is 0 Å². The van der Waals surface area contributed by atoms with E-state index in [-0.39, 0.29) is 24.1 Å². The number of carbonyl (C=O) groups excluding carboxylic acids is 2. The third-order valence-corrected chi connectivity index (χ3v) is 5.71. The number of rotatable bonds is 6. The average Bonchev–Trinajstić information content (AvgIpc) is 3.40. The van der Waals surface area contributed by atoms with Gasteiger partial charge in [-0.05, 0) is 32.3 Å². The summed E-state index contributed by atoms with van der Waals surface area (Å²) in [6, 6.07) is 8.08. The SMILES string of the molecule is Cc1ccc(-c2csc3ncn(CC(=O)O[C@H](C)C(=O)NC4CC4)c(=O)c23)cc1. The molecule has 4 rings (SSSR count). The summed E-state index contributed by atoms with van der Waals surface area (Å²) in [4.78, 5) is 42.1. The third-order valence-electron chi connectivity index (χ3n) is 4.82. The largest absolute Gasteiger partial charge is 0.451 e. The lowest BCUT2D eigenvalue weighted by atomic mass is 10.1. The summed E-state index contributed by atoms with van der Waals surface area (Å²) in [5, 5.41) is 5.17. The fraction of sp³-hybridized carbons (Fsp3) is 0.333. The van der Waals surface area contributed by atoms with E-state index >= 15 is 0 Å². The fourth-order valence-electron chi connectivity index (χ4n) is 3.00. The fourth-order valence-corrected chi connectivity index (χ4v) is 3.91. The maximum absolute atomic E-state index is 13.0. The molecule has 1 aliphatic carbocycles. The van der Waals surface area contributed by atoms with Crippen LogP contribution < -0.4 is 10.9 Å². The zero-order valence-electron chi connectivity index (χ0n) is 16.2. The molecule has 2 aromatic heterocycles. The lowest BCUT2D eigenvalue weighted by molar-refractivity contribution is -0.155. The van der Waals surface area contributed by atoms with E-state index in [1.165, 1.54) is 29.2 Å². The number of amides is 1. The number of thiophene rings is 1. The summed E-state index contributed by atoms with van der Waals surface area (Å²) < 4.78 is 6.41. The summed E-state index contributed by atoms with van der Waals surface area (Å²) in [5.74, 6) is -0.972. The van der Waals surface area contributed by atoms with E-state index in [0.717, 1.165) is 29.5 Å². The molecule has 29 heavy (non-hydrogen) atoms. The van der Waals surface area contributed by atoms with E-state index in [4.69, 9.17) is 4.74 Å². The molecule has 7 nitrogen and oxygen atoms in total. The van der Waals surface area contributed by atoms with Crippen molar-refractivity contribution < 1.29 is 14.3 Å². The van der Waals surface area contributed by atoms with Crippen molar-refractivity contribution in [1.82, 2.24) is 14.9 Å². The van der Waals surface area contributed by atoms with Crippen molar-refractivity contribution in [2.75, 3.05) is 0 Å². The second-order valence-corrected chi connectivity index (χ2v) is 8.15. The van der Waals surface area contributed by atoms with Crippen molar-refractivity contribution >= 4 is 33.4 Å². The van der Waals surface area contributed by atoms with Crippen LogP contribution in [0, 0.1) is 6.92 Å². The number of ether oxygens (including phenoxy) is 1. The predicted octanol–water partition coefficient (Wildman–Crippen LogP) is 2.64. The molecule has 1 N–H and O–H groups in total. The van der Waals surface area contributed by atoms with Crippen LogP contribution in [0.15, 0.2) is 40.8 Å². The molecule has 1 saturated carbocycles. The van der Waals surface area contributed by atoms with Gasteiger partial charge in [0, 0.05) is 17.0 Å². The van der Waals surface area contributed by atoms with Gasteiger partial charge in [-0.1, -0.05) is 29.8 Å². The second kappa shape index (κ2) is 7.79. The van der Waals surface area contributed by atoms with Gasteiger partial charge in [0.05, 0.1) is 11.7 Å². The van der Waals surface area contributed by atoms with Gasteiger partial charge < -0.3 is 10.1 Å². The van der Waals surface area contributed by atoms with E-state index < -0.39 is 12.1 Å². The van der Waals surface area contributed by atoms with E-state index in [9.17, 15) is 14.4 Å². The highest BCUT2D eigenvalue weighted by molar-refractivity contribution is 7.17. The molecule has 0 spiro atoms. The third kappa shape index (κ3) is 4.22. The topological polar surface area (TPSA) is 90.3 Å². The number of benzene rings is 1. The molecule has 8 heteroatoms. The van der Waals surface area contributed by atoms with Gasteiger partial charge in [-0.3, -0.25) is 19.0 Å². The summed E-state index contributed by atoms with van der Waals surface area (Å²) in [6.45, 7) is 3.22. The van der Waals surface area contributed by atoms with Crippen molar-refractivity contribution in [2.45, 2.75) is 45.4 Å². The van der Waals surface area contributed by atoms with Crippen LogP contribution in [0.3, 0.4) is 0 Å². The summed E-state index contributed by atoms with van der Waals surface area (Å²) in [5.41, 5.74) is 2.54. The summed E-state index contributed by atoms with van der Waals surface area (Å²) in [6.07, 6.45) is 2.35. The van der Waals surface area contributed by atoms with Crippen LogP contribution in [-0.2, 0) is 20.9 Å². The van der Waals surface area contributed by atoms with Gasteiger partial charge in [-0.25, -0.2) is 4.98 Å². The summed E-state index contributed by atoms with van der Waals surface area (Å²) in [7, 11) is 0. The van der Waals surface area contributed by atoms with Gasteiger partial charge in [0.1, 0.15) is 11.4 Å². The first-order chi connectivity index (χ1) is 13.9. The van der Waals surface area contributed by atoms with E-state index in [1.54, 1.807) is 0 Å². The molecule has 0 saturated heterocycles. The molecular weight excluding hydrogens is 390 g/mol. The number of aromatic nitrogens is 2. The van der Waals surface area contributed by atoms with Gasteiger partial charge in [-0.15, -0.1) is 11.3 Å². The van der Waals surface area contributed by atoms with Crippen LogP contribution in [0.5, 0.6) is 0 Å². The van der Waals surface area contributed by atoms with Gasteiger partial charge >= 0.3 is 5.97 Å². The Labute approximate surface area is 171 Å². The van der Waals surface area contributed by atoms with Crippen LogP contribution in [0.2, 0.25) is 0 Å². The predicted molar refractivity (Wildman–Crippen MR) is 111 cm³/mol. The molecule has 0 unspecified atom stereocenters. The van der Waals surface area contributed by atoms with Crippen LogP contribution in [0.1, 0.15) is 25.3 Å². The highest BCUT2D eigenvalue weighted by atomic mass is 32.1. The Morgan fingerprint density at radius 2 is 2.03 bits per heavy atom. The Hall–Kier alpha value is -3.00. The van der Waals surface area contributed by atoms with E-state index in [0.29, 0.717) is 10.2 Å². The monoisotopic (exact) mass is 411 g/mol. The van der Waals surface area contributed by atoms with Crippen LogP contribution >= 0.6 is 11.3 Å². The molecule has 0 aliphatic heterocycles. The summed E-state index contributed by atoms with van der Waals surface area (Å²) >= 11 is 1.39. The minimum absolute atomic E-state index is 0.191. The zero-order valence-corrected chi connectivity index (χ0v) is 17.0. The molecule has 0 radical (unpaired) electrons. The highest BCUT2D eigenvalue weighted by Gasteiger charge is 2.27. The molecular formula is C21H21N3O4S. The number of nitrogens with one attached hydrogen (secondary N) is 1. The number of aryl methyl sites for hydroxylation is 1. The first-order valence-electron chi connectivity index (χ1n) is 9.46. The maximum atomic E-state index is 13.0. The molecule has 2 heterocycles. The molecule has 150 valence electrons. The minimum atomic E-state index is -0.903. The van der Waals surface area contributed by atoms with Crippen molar-refractivity contribution in [3.8, 4) is 11.1 Å². The van der Waals surface area contributed by atoms with Gasteiger partial charge in [-0.2, -0.15) is 0 Å². The Bertz CT molecular complexity index is 1130. The van der Waals surface area contributed by atoms with E-state index in [1.807, 2.05) is 36.6 Å². The first-order valence-corrected chi connectivity index (χ1v) is 10.3. The molecule has 1 fully saturated rings. The number of hydrogen-bond donors (Lipinski definition) is 1. The highest BCUT2D eigenvalue weighted by Crippen LogP contribution is 2.30. The number of nitrogens with zero attached hydrogens (tertiary/aromatic N) is 2. The molecule has 1 amide bonds. The number of esters is 1. The Balaban J connectivity index is 1.54. The van der Waals surface area contributed by atoms with Gasteiger partial charge in [0.2, 0.25) is 0 Å². The van der Waals surface area contributed by atoms with Crippen molar-refractivity contribution in [1.29, 1.82) is 0 Å². The minimum Gasteiger partial charge on any atom is -0.451 e. The van der Waals surface area contributed by atoms with Crippen LogP contribution in [0.4, 0.5) is 0 Å².